The van der Waals surface area contributed by atoms with Crippen molar-refractivity contribution in [3.05, 3.63) is 30.3 Å². The van der Waals surface area contributed by atoms with E-state index in [0.717, 1.165) is 0 Å². The average molecular weight is 275 g/mol. The highest BCUT2D eigenvalue weighted by Gasteiger charge is 2.16. The fraction of sp³-hybridized carbons (Fsp3) is 0.455. The van der Waals surface area contributed by atoms with Gasteiger partial charge in [0.25, 0.3) is 0 Å². The molecule has 1 N–H and O–H groups in total. The van der Waals surface area contributed by atoms with E-state index in [9.17, 15) is 12.6 Å². The van der Waals surface area contributed by atoms with Crippen molar-refractivity contribution >= 4 is 20.8 Å². The summed E-state index contributed by atoms with van der Waals surface area (Å²) in [6.45, 7) is 1.77. The Balaban J connectivity index is 2.64. The molecule has 1 aromatic rings. The predicted molar refractivity (Wildman–Crippen MR) is 69.8 cm³/mol. The lowest BCUT2D eigenvalue weighted by atomic mass is 10.3. The largest absolute Gasteiger partial charge is 0.260 e. The quantitative estimate of drug-likeness (QED) is 0.846. The van der Waals surface area contributed by atoms with Crippen LogP contribution < -0.4 is 4.72 Å². The lowest BCUT2D eigenvalue weighted by Crippen LogP contribution is -2.33. The van der Waals surface area contributed by atoms with Crippen LogP contribution in [0.3, 0.4) is 0 Å². The van der Waals surface area contributed by atoms with Gasteiger partial charge in [0.1, 0.15) is 0 Å². The molecule has 0 heterocycles. The Morgan fingerprint density at radius 3 is 2.41 bits per heavy atom. The summed E-state index contributed by atoms with van der Waals surface area (Å²) in [5, 5.41) is 0. The average Bonchev–Trinajstić information content (AvgIpc) is 2.27. The van der Waals surface area contributed by atoms with Gasteiger partial charge in [0.2, 0.25) is 10.0 Å². The van der Waals surface area contributed by atoms with Crippen molar-refractivity contribution in [2.75, 3.05) is 12.0 Å². The minimum Gasteiger partial charge on any atom is -0.260 e. The lowest BCUT2D eigenvalue weighted by Gasteiger charge is -2.13. The topological polar surface area (TPSA) is 63.2 Å². The summed E-state index contributed by atoms with van der Waals surface area (Å²) < 4.78 is 37.3. The van der Waals surface area contributed by atoms with Crippen LogP contribution >= 0.6 is 0 Å². The molecule has 0 saturated heterocycles. The van der Waals surface area contributed by atoms with Crippen LogP contribution in [0.15, 0.2) is 35.2 Å². The highest BCUT2D eigenvalue weighted by Crippen LogP contribution is 2.08. The molecule has 0 aliphatic carbocycles. The summed E-state index contributed by atoms with van der Waals surface area (Å²) in [5.41, 5.74) is 0. The van der Waals surface area contributed by atoms with Crippen LogP contribution in [0.2, 0.25) is 0 Å². The molecule has 0 saturated carbocycles. The number of nitrogens with one attached hydrogen (secondary N) is 1. The third-order valence-electron chi connectivity index (χ3n) is 2.25. The molecule has 17 heavy (non-hydrogen) atoms. The van der Waals surface area contributed by atoms with E-state index in [2.05, 4.69) is 4.72 Å². The monoisotopic (exact) mass is 275 g/mol. The third-order valence-corrected chi connectivity index (χ3v) is 4.66. The van der Waals surface area contributed by atoms with Crippen LogP contribution in [0.25, 0.3) is 0 Å². The molecular formula is C11H17NO3S2. The van der Waals surface area contributed by atoms with Crippen LogP contribution in [0.1, 0.15) is 13.3 Å². The van der Waals surface area contributed by atoms with Crippen molar-refractivity contribution in [1.29, 1.82) is 0 Å². The third kappa shape index (κ3) is 4.97. The van der Waals surface area contributed by atoms with E-state index < -0.39 is 20.8 Å². The Kier molecular flexibility index (Phi) is 5.30. The Hall–Kier alpha value is -0.720. The van der Waals surface area contributed by atoms with Crippen LogP contribution in [0.4, 0.5) is 0 Å². The molecule has 1 aromatic carbocycles. The second-order valence-electron chi connectivity index (χ2n) is 3.90. The molecule has 0 fully saturated rings. The van der Waals surface area contributed by atoms with Gasteiger partial charge in [-0.1, -0.05) is 18.2 Å². The van der Waals surface area contributed by atoms with Crippen molar-refractivity contribution in [3.63, 3.8) is 0 Å². The van der Waals surface area contributed by atoms with Crippen molar-refractivity contribution in [2.45, 2.75) is 24.3 Å². The molecule has 4 nitrogen and oxygen atoms in total. The summed E-state index contributed by atoms with van der Waals surface area (Å²) in [5.74, 6) is 0.498. The summed E-state index contributed by atoms with van der Waals surface area (Å²) in [6, 6.07) is 8.01. The van der Waals surface area contributed by atoms with Gasteiger partial charge in [0.15, 0.2) is 0 Å². The van der Waals surface area contributed by atoms with E-state index in [1.807, 2.05) is 0 Å². The maximum atomic E-state index is 11.9. The Labute approximate surface area is 105 Å². The first-order valence-electron chi connectivity index (χ1n) is 5.29. The summed E-state index contributed by atoms with van der Waals surface area (Å²) in [7, 11) is -4.35. The standard InChI is InChI=1S/C11H17NO3S2/c1-10(8-9-16(2)13)12-17(14,15)11-6-4-3-5-7-11/h3-7,10,12H,8-9H2,1-2H3. The fourth-order valence-corrected chi connectivity index (χ4v) is 3.32. The number of hydrogen-bond donors (Lipinski definition) is 1. The van der Waals surface area contributed by atoms with Crippen molar-refractivity contribution in [3.8, 4) is 0 Å². The molecule has 2 unspecified atom stereocenters. The zero-order valence-electron chi connectivity index (χ0n) is 9.92. The van der Waals surface area contributed by atoms with E-state index in [-0.39, 0.29) is 10.9 Å². The van der Waals surface area contributed by atoms with Gasteiger partial charge in [-0.25, -0.2) is 13.1 Å². The number of rotatable bonds is 6. The molecule has 0 bridgehead atoms. The number of hydrogen-bond acceptors (Lipinski definition) is 3. The molecule has 0 aromatic heterocycles. The second kappa shape index (κ2) is 6.28. The zero-order valence-corrected chi connectivity index (χ0v) is 11.6. The normalized spacial score (nSPS) is 15.4. The van der Waals surface area contributed by atoms with E-state index in [1.165, 1.54) is 0 Å². The van der Waals surface area contributed by atoms with Crippen molar-refractivity contribution in [1.82, 2.24) is 4.72 Å². The Morgan fingerprint density at radius 2 is 1.88 bits per heavy atom. The highest BCUT2D eigenvalue weighted by atomic mass is 32.2. The summed E-state index contributed by atoms with van der Waals surface area (Å²) in [4.78, 5) is 0.254. The smallest absolute Gasteiger partial charge is 0.240 e. The minimum atomic E-state index is -3.46. The Bertz CT molecular complexity index is 471. The van der Waals surface area contributed by atoms with Crippen molar-refractivity contribution in [2.24, 2.45) is 0 Å². The molecular weight excluding hydrogens is 258 g/mol. The van der Waals surface area contributed by atoms with Crippen LogP contribution in [-0.4, -0.2) is 30.7 Å². The van der Waals surface area contributed by atoms with Gasteiger partial charge in [-0.15, -0.1) is 0 Å². The molecule has 0 spiro atoms. The van der Waals surface area contributed by atoms with Gasteiger partial charge in [-0.2, -0.15) is 0 Å². The lowest BCUT2D eigenvalue weighted by molar-refractivity contribution is 0.556. The number of sulfonamides is 1. The van der Waals surface area contributed by atoms with Crippen LogP contribution in [-0.2, 0) is 20.8 Å². The highest BCUT2D eigenvalue weighted by molar-refractivity contribution is 7.89. The minimum absolute atomic E-state index is 0.218. The van der Waals surface area contributed by atoms with E-state index in [1.54, 1.807) is 43.5 Å². The van der Waals surface area contributed by atoms with Gasteiger partial charge in [-0.3, -0.25) is 4.21 Å². The van der Waals surface area contributed by atoms with Crippen LogP contribution in [0, 0.1) is 0 Å². The van der Waals surface area contributed by atoms with Gasteiger partial charge < -0.3 is 0 Å². The first-order valence-corrected chi connectivity index (χ1v) is 8.50. The van der Waals surface area contributed by atoms with E-state index >= 15 is 0 Å². The van der Waals surface area contributed by atoms with Gasteiger partial charge in [-0.05, 0) is 25.5 Å². The van der Waals surface area contributed by atoms with Gasteiger partial charge in [0, 0.05) is 28.9 Å². The fourth-order valence-electron chi connectivity index (χ4n) is 1.33. The molecule has 96 valence electrons. The first-order chi connectivity index (χ1) is 7.92. The Morgan fingerprint density at radius 1 is 1.29 bits per heavy atom. The SMILES string of the molecule is CC(CCS(C)=O)NS(=O)(=O)c1ccccc1. The van der Waals surface area contributed by atoms with Gasteiger partial charge in [0.05, 0.1) is 4.90 Å². The summed E-state index contributed by atoms with van der Waals surface area (Å²) >= 11 is 0. The second-order valence-corrected chi connectivity index (χ2v) is 7.17. The molecule has 2 atom stereocenters. The molecule has 0 aliphatic heterocycles. The van der Waals surface area contributed by atoms with E-state index in [4.69, 9.17) is 0 Å². The van der Waals surface area contributed by atoms with Gasteiger partial charge >= 0.3 is 0 Å². The molecule has 6 heteroatoms. The zero-order chi connectivity index (χ0) is 12.9. The maximum Gasteiger partial charge on any atom is 0.240 e. The maximum absolute atomic E-state index is 11.9. The molecule has 0 amide bonds. The molecule has 0 aliphatic rings. The predicted octanol–water partition coefficient (Wildman–Crippen LogP) is 1.12. The molecule has 0 radical (unpaired) electrons. The van der Waals surface area contributed by atoms with Crippen LogP contribution in [0.5, 0.6) is 0 Å². The van der Waals surface area contributed by atoms with Crippen molar-refractivity contribution < 1.29 is 12.6 Å². The number of benzene rings is 1. The summed E-state index contributed by atoms with van der Waals surface area (Å²) in [6.07, 6.45) is 2.17. The van der Waals surface area contributed by atoms with E-state index in [0.29, 0.717) is 12.2 Å². The first kappa shape index (κ1) is 14.3. The molecule has 1 rings (SSSR count).